The van der Waals surface area contributed by atoms with Crippen molar-refractivity contribution < 1.29 is 14.6 Å². The van der Waals surface area contributed by atoms with Crippen molar-refractivity contribution in [2.75, 3.05) is 19.7 Å². The zero-order valence-electron chi connectivity index (χ0n) is 14.9. The highest BCUT2D eigenvalue weighted by atomic mass is 16.5. The third-order valence-corrected chi connectivity index (χ3v) is 5.45. The molecule has 2 unspecified atom stereocenters. The fraction of sp³-hybridized carbons (Fsp3) is 0.524. The summed E-state index contributed by atoms with van der Waals surface area (Å²) in [6.07, 6.45) is 19.5. The van der Waals surface area contributed by atoms with E-state index in [1.165, 1.54) is 5.57 Å². The first-order valence-electron chi connectivity index (χ1n) is 9.24. The molecule has 0 amide bonds. The number of allylic oxidation sites excluding steroid dienone is 4. The smallest absolute Gasteiger partial charge is 0.156 e. The maximum atomic E-state index is 10.0. The average molecular weight is 343 g/mol. The van der Waals surface area contributed by atoms with Gasteiger partial charge in [0.25, 0.3) is 0 Å². The molecule has 3 aliphatic rings. The van der Waals surface area contributed by atoms with Crippen LogP contribution in [0.5, 0.6) is 0 Å². The van der Waals surface area contributed by atoms with E-state index in [4.69, 9.17) is 9.47 Å². The maximum Gasteiger partial charge on any atom is 0.156 e. The minimum atomic E-state index is -0.0922. The number of aliphatic hydroxyl groups excluding tert-OH is 1. The summed E-state index contributed by atoms with van der Waals surface area (Å²) in [5, 5.41) is 10.0. The quantitative estimate of drug-likeness (QED) is 0.709. The average Bonchev–Trinajstić information content (AvgIpc) is 2.68. The van der Waals surface area contributed by atoms with E-state index in [0.29, 0.717) is 0 Å². The normalized spacial score (nSPS) is 27.7. The Hall–Kier alpha value is -1.78. The van der Waals surface area contributed by atoms with Gasteiger partial charge in [0, 0.05) is 12.0 Å². The highest BCUT2D eigenvalue weighted by molar-refractivity contribution is 5.21. The molecular formula is C21H29NO3. The Morgan fingerprint density at radius 2 is 2.32 bits per heavy atom. The van der Waals surface area contributed by atoms with E-state index in [0.717, 1.165) is 57.4 Å². The maximum absolute atomic E-state index is 10.0. The fourth-order valence-corrected chi connectivity index (χ4v) is 4.09. The molecule has 2 heterocycles. The zero-order valence-corrected chi connectivity index (χ0v) is 14.9. The number of likely N-dealkylation sites (tertiary alicyclic amines) is 1. The topological polar surface area (TPSA) is 41.9 Å². The van der Waals surface area contributed by atoms with Crippen LogP contribution in [0.4, 0.5) is 0 Å². The largest absolute Gasteiger partial charge is 0.466 e. The first kappa shape index (κ1) is 18.0. The Morgan fingerprint density at radius 3 is 3.00 bits per heavy atom. The van der Waals surface area contributed by atoms with E-state index in [9.17, 15) is 5.11 Å². The highest BCUT2D eigenvalue weighted by Gasteiger charge is 2.38. The molecule has 1 N–H and O–H groups in total. The van der Waals surface area contributed by atoms with Gasteiger partial charge < -0.3 is 14.6 Å². The standard InChI is InChI=1S/C21H29NO3/c1-2-9-21(17-23)10-6-11-22(16-21)19(20-15-24-12-13-25-20)14-18-7-4-3-5-8-18/h2-4,7,12-13,15,19,23H,1,5-6,8-11,14,16-17H2. The van der Waals surface area contributed by atoms with Crippen molar-refractivity contribution in [3.8, 4) is 0 Å². The van der Waals surface area contributed by atoms with Gasteiger partial charge in [-0.15, -0.1) is 6.58 Å². The van der Waals surface area contributed by atoms with Crippen molar-refractivity contribution in [2.45, 2.75) is 44.6 Å². The molecule has 0 aromatic carbocycles. The summed E-state index contributed by atoms with van der Waals surface area (Å²) < 4.78 is 11.2. The molecule has 0 bridgehead atoms. The zero-order chi connectivity index (χ0) is 17.5. The number of aliphatic hydroxyl groups is 1. The van der Waals surface area contributed by atoms with Gasteiger partial charge in [-0.25, -0.2) is 0 Å². The molecule has 4 heteroatoms. The van der Waals surface area contributed by atoms with Gasteiger partial charge in [0.05, 0.1) is 12.6 Å². The van der Waals surface area contributed by atoms with Crippen LogP contribution in [0.2, 0.25) is 0 Å². The van der Waals surface area contributed by atoms with Crippen molar-refractivity contribution in [2.24, 2.45) is 5.41 Å². The second-order valence-electron chi connectivity index (χ2n) is 7.28. The summed E-state index contributed by atoms with van der Waals surface area (Å²) in [5.41, 5.74) is 1.35. The third-order valence-electron chi connectivity index (χ3n) is 5.45. The van der Waals surface area contributed by atoms with E-state index < -0.39 is 0 Å². The van der Waals surface area contributed by atoms with Crippen LogP contribution < -0.4 is 0 Å². The summed E-state index contributed by atoms with van der Waals surface area (Å²) in [6.45, 7) is 5.95. The summed E-state index contributed by atoms with van der Waals surface area (Å²) in [7, 11) is 0. The van der Waals surface area contributed by atoms with E-state index in [-0.39, 0.29) is 18.1 Å². The van der Waals surface area contributed by atoms with Crippen LogP contribution >= 0.6 is 0 Å². The number of hydrogen-bond acceptors (Lipinski definition) is 4. The van der Waals surface area contributed by atoms with Crippen LogP contribution in [0, 0.1) is 5.41 Å². The van der Waals surface area contributed by atoms with Crippen LogP contribution in [0.15, 0.2) is 61.0 Å². The van der Waals surface area contributed by atoms with Crippen molar-refractivity contribution in [1.29, 1.82) is 0 Å². The molecule has 0 aromatic rings. The fourth-order valence-electron chi connectivity index (χ4n) is 4.09. The lowest BCUT2D eigenvalue weighted by Gasteiger charge is -2.45. The molecule has 3 rings (SSSR count). The Morgan fingerprint density at radius 1 is 1.40 bits per heavy atom. The van der Waals surface area contributed by atoms with Crippen molar-refractivity contribution >= 4 is 0 Å². The van der Waals surface area contributed by atoms with Gasteiger partial charge >= 0.3 is 0 Å². The van der Waals surface area contributed by atoms with E-state index >= 15 is 0 Å². The third kappa shape index (κ3) is 4.44. The Bertz CT molecular complexity index is 590. The molecule has 0 radical (unpaired) electrons. The van der Waals surface area contributed by atoms with Gasteiger partial charge in [-0.1, -0.05) is 29.9 Å². The minimum absolute atomic E-state index is 0.0922. The molecule has 2 aliphatic heterocycles. The summed E-state index contributed by atoms with van der Waals surface area (Å²) in [6, 6.07) is 0.138. The highest BCUT2D eigenvalue weighted by Crippen LogP contribution is 2.37. The molecule has 0 saturated carbocycles. The number of nitrogens with zero attached hydrogens (tertiary/aromatic N) is 1. The molecule has 2 atom stereocenters. The Labute approximate surface area is 150 Å². The molecule has 0 spiro atoms. The molecule has 4 nitrogen and oxygen atoms in total. The van der Waals surface area contributed by atoms with Gasteiger partial charge in [0.1, 0.15) is 18.8 Å². The van der Waals surface area contributed by atoms with Crippen LogP contribution in [-0.4, -0.2) is 35.7 Å². The molecule has 136 valence electrons. The first-order valence-corrected chi connectivity index (χ1v) is 9.24. The van der Waals surface area contributed by atoms with Gasteiger partial charge in [-0.3, -0.25) is 4.90 Å². The lowest BCUT2D eigenvalue weighted by atomic mass is 9.77. The predicted molar refractivity (Wildman–Crippen MR) is 99.4 cm³/mol. The summed E-state index contributed by atoms with van der Waals surface area (Å²) >= 11 is 0. The first-order chi connectivity index (χ1) is 12.3. The second-order valence-corrected chi connectivity index (χ2v) is 7.28. The molecule has 0 aromatic heterocycles. The molecule has 1 saturated heterocycles. The van der Waals surface area contributed by atoms with Gasteiger partial charge in [0.15, 0.2) is 5.76 Å². The Kier molecular flexibility index (Phi) is 6.16. The monoisotopic (exact) mass is 343 g/mol. The van der Waals surface area contributed by atoms with Gasteiger partial charge in [0.2, 0.25) is 0 Å². The number of hydrogen-bond donors (Lipinski definition) is 1. The lowest BCUT2D eigenvalue weighted by molar-refractivity contribution is 0.0103. The summed E-state index contributed by atoms with van der Waals surface area (Å²) in [4.78, 5) is 2.46. The predicted octanol–water partition coefficient (Wildman–Crippen LogP) is 4.03. The van der Waals surface area contributed by atoms with Gasteiger partial charge in [-0.2, -0.15) is 0 Å². The minimum Gasteiger partial charge on any atom is -0.466 e. The van der Waals surface area contributed by atoms with Crippen molar-refractivity contribution in [3.05, 3.63) is 61.0 Å². The number of rotatable bonds is 7. The van der Waals surface area contributed by atoms with Crippen molar-refractivity contribution in [1.82, 2.24) is 4.90 Å². The van der Waals surface area contributed by atoms with E-state index in [2.05, 4.69) is 29.7 Å². The van der Waals surface area contributed by atoms with E-state index in [1.807, 2.05) is 6.08 Å². The molecule has 1 aliphatic carbocycles. The van der Waals surface area contributed by atoms with Crippen LogP contribution in [0.3, 0.4) is 0 Å². The Balaban J connectivity index is 1.80. The SMILES string of the molecule is C=CCC1(CO)CCCN(C(CC2=CC=CCC2)C2=COC=CO2)C1. The molecule has 1 fully saturated rings. The van der Waals surface area contributed by atoms with Crippen LogP contribution in [0.25, 0.3) is 0 Å². The second kappa shape index (κ2) is 8.54. The van der Waals surface area contributed by atoms with Crippen molar-refractivity contribution in [3.63, 3.8) is 0 Å². The molecule has 25 heavy (non-hydrogen) atoms. The summed E-state index contributed by atoms with van der Waals surface area (Å²) in [5.74, 6) is 0.852. The lowest BCUT2D eigenvalue weighted by Crippen LogP contribution is -2.50. The number of ether oxygens (including phenoxy) is 2. The van der Waals surface area contributed by atoms with Crippen LogP contribution in [-0.2, 0) is 9.47 Å². The number of piperidine rings is 1. The van der Waals surface area contributed by atoms with Gasteiger partial charge in [-0.05, 0) is 45.1 Å². The van der Waals surface area contributed by atoms with E-state index in [1.54, 1.807) is 18.8 Å². The molecular weight excluding hydrogens is 314 g/mol. The van der Waals surface area contributed by atoms with Crippen LogP contribution in [0.1, 0.15) is 38.5 Å².